The maximum Gasteiger partial charge on any atom is 0.305 e. The van der Waals surface area contributed by atoms with Crippen molar-refractivity contribution in [1.29, 1.82) is 0 Å². The van der Waals surface area contributed by atoms with E-state index in [-0.39, 0.29) is 5.97 Å². The van der Waals surface area contributed by atoms with Crippen molar-refractivity contribution in [3.05, 3.63) is 12.3 Å². The van der Waals surface area contributed by atoms with Gasteiger partial charge in [-0.3, -0.25) is 4.79 Å². The van der Waals surface area contributed by atoms with Gasteiger partial charge < -0.3 is 9.47 Å². The molecule has 0 saturated carbocycles. The van der Waals surface area contributed by atoms with Gasteiger partial charge in [-0.25, -0.2) is 0 Å². The molecule has 13 heavy (non-hydrogen) atoms. The fourth-order valence-corrected chi connectivity index (χ4v) is 0.830. The minimum absolute atomic E-state index is 0.118. The summed E-state index contributed by atoms with van der Waals surface area (Å²) in [5.74, 6) is -0.118. The zero-order valence-corrected chi connectivity index (χ0v) is 8.41. The maximum absolute atomic E-state index is 10.9. The Labute approximate surface area is 79.7 Å². The molecule has 0 aromatic carbocycles. The number of ether oxygens (including phenoxy) is 2. The number of allylic oxidation sites excluding steroid dienone is 1. The van der Waals surface area contributed by atoms with E-state index in [1.54, 1.807) is 6.26 Å². The van der Waals surface area contributed by atoms with Gasteiger partial charge in [-0.1, -0.05) is 0 Å². The number of carbonyl (C=O) groups is 1. The van der Waals surface area contributed by atoms with Crippen molar-refractivity contribution < 1.29 is 14.3 Å². The minimum Gasteiger partial charge on any atom is -0.502 e. The van der Waals surface area contributed by atoms with E-state index in [1.807, 2.05) is 19.9 Å². The lowest BCUT2D eigenvalue weighted by atomic mass is 10.2. The van der Waals surface area contributed by atoms with Crippen LogP contribution in [0.3, 0.4) is 0 Å². The summed E-state index contributed by atoms with van der Waals surface area (Å²) < 4.78 is 9.77. The van der Waals surface area contributed by atoms with E-state index in [1.165, 1.54) is 0 Å². The monoisotopic (exact) mass is 186 g/mol. The van der Waals surface area contributed by atoms with Crippen LogP contribution < -0.4 is 0 Å². The van der Waals surface area contributed by atoms with E-state index in [0.29, 0.717) is 19.6 Å². The lowest BCUT2D eigenvalue weighted by Gasteiger charge is -1.99. The molecule has 0 saturated heterocycles. The molecule has 0 N–H and O–H groups in total. The molecule has 0 aliphatic heterocycles. The topological polar surface area (TPSA) is 35.5 Å². The Hall–Kier alpha value is -0.990. The SMILES string of the molecule is CCO/C=C/CCCC(=O)OCC. The quantitative estimate of drug-likeness (QED) is 0.347. The molecule has 0 aromatic heterocycles. The number of rotatable bonds is 7. The maximum atomic E-state index is 10.9. The molecule has 3 heteroatoms. The highest BCUT2D eigenvalue weighted by Gasteiger charge is 1.98. The van der Waals surface area contributed by atoms with Gasteiger partial charge in [0.25, 0.3) is 0 Å². The zero-order valence-electron chi connectivity index (χ0n) is 8.41. The summed E-state index contributed by atoms with van der Waals surface area (Å²) in [6.07, 6.45) is 5.76. The van der Waals surface area contributed by atoms with Gasteiger partial charge in [-0.2, -0.15) is 0 Å². The smallest absolute Gasteiger partial charge is 0.305 e. The van der Waals surface area contributed by atoms with Crippen molar-refractivity contribution in [3.8, 4) is 0 Å². The van der Waals surface area contributed by atoms with Gasteiger partial charge in [0, 0.05) is 6.42 Å². The van der Waals surface area contributed by atoms with Crippen molar-refractivity contribution in [1.82, 2.24) is 0 Å². The minimum atomic E-state index is -0.118. The Morgan fingerprint density at radius 1 is 1.31 bits per heavy atom. The summed E-state index contributed by atoms with van der Waals surface area (Å²) in [4.78, 5) is 10.9. The molecular weight excluding hydrogens is 168 g/mol. The Bertz CT molecular complexity index is 152. The molecule has 0 amide bonds. The van der Waals surface area contributed by atoms with Crippen LogP contribution >= 0.6 is 0 Å². The Balaban J connectivity index is 3.20. The Kier molecular flexibility index (Phi) is 8.41. The number of carbonyl (C=O) groups excluding carboxylic acids is 1. The van der Waals surface area contributed by atoms with Gasteiger partial charge in [-0.05, 0) is 32.8 Å². The van der Waals surface area contributed by atoms with E-state index in [0.717, 1.165) is 12.8 Å². The summed E-state index contributed by atoms with van der Waals surface area (Å²) in [6, 6.07) is 0. The summed E-state index contributed by atoms with van der Waals surface area (Å²) in [5.41, 5.74) is 0. The largest absolute Gasteiger partial charge is 0.502 e. The van der Waals surface area contributed by atoms with E-state index >= 15 is 0 Å². The van der Waals surface area contributed by atoms with Crippen LogP contribution in [0.5, 0.6) is 0 Å². The molecule has 0 aliphatic rings. The molecule has 3 nitrogen and oxygen atoms in total. The summed E-state index contributed by atoms with van der Waals surface area (Å²) in [7, 11) is 0. The molecule has 0 heterocycles. The highest BCUT2D eigenvalue weighted by Crippen LogP contribution is 1.98. The predicted octanol–water partition coefficient (Wildman–Crippen LogP) is 2.27. The van der Waals surface area contributed by atoms with Crippen LogP contribution in [0.4, 0.5) is 0 Å². The lowest BCUT2D eigenvalue weighted by molar-refractivity contribution is -0.143. The van der Waals surface area contributed by atoms with Crippen molar-refractivity contribution in [2.24, 2.45) is 0 Å². The Morgan fingerprint density at radius 2 is 2.08 bits per heavy atom. The van der Waals surface area contributed by atoms with E-state index in [9.17, 15) is 4.79 Å². The Morgan fingerprint density at radius 3 is 2.69 bits per heavy atom. The summed E-state index contributed by atoms with van der Waals surface area (Å²) in [6.45, 7) is 4.90. The van der Waals surface area contributed by atoms with E-state index < -0.39 is 0 Å². The van der Waals surface area contributed by atoms with Gasteiger partial charge >= 0.3 is 5.97 Å². The van der Waals surface area contributed by atoms with Crippen LogP contribution in [0.1, 0.15) is 33.1 Å². The number of esters is 1. The first-order valence-electron chi connectivity index (χ1n) is 4.73. The molecule has 0 radical (unpaired) electrons. The van der Waals surface area contributed by atoms with Crippen LogP contribution in [0.2, 0.25) is 0 Å². The van der Waals surface area contributed by atoms with Gasteiger partial charge in [0.1, 0.15) is 0 Å². The van der Waals surface area contributed by atoms with E-state index in [4.69, 9.17) is 9.47 Å². The fraction of sp³-hybridized carbons (Fsp3) is 0.700. The molecule has 0 unspecified atom stereocenters. The molecule has 76 valence electrons. The normalized spacial score (nSPS) is 10.3. The highest BCUT2D eigenvalue weighted by atomic mass is 16.5. The third-order valence-corrected chi connectivity index (χ3v) is 1.42. The van der Waals surface area contributed by atoms with Crippen LogP contribution in [0, 0.1) is 0 Å². The standard InChI is InChI=1S/C10H18O3/c1-3-12-9-7-5-6-8-10(11)13-4-2/h7,9H,3-6,8H2,1-2H3/b9-7+. The zero-order chi connectivity index (χ0) is 9.94. The van der Waals surface area contributed by atoms with Gasteiger partial charge in [0.15, 0.2) is 0 Å². The van der Waals surface area contributed by atoms with E-state index in [2.05, 4.69) is 0 Å². The molecule has 0 bridgehead atoms. The lowest BCUT2D eigenvalue weighted by Crippen LogP contribution is -2.02. The molecule has 0 aromatic rings. The van der Waals surface area contributed by atoms with Crippen molar-refractivity contribution in [2.75, 3.05) is 13.2 Å². The summed E-state index contributed by atoms with van der Waals surface area (Å²) >= 11 is 0. The molecular formula is C10H18O3. The number of hydrogen-bond acceptors (Lipinski definition) is 3. The third-order valence-electron chi connectivity index (χ3n) is 1.42. The van der Waals surface area contributed by atoms with Crippen LogP contribution in [0.15, 0.2) is 12.3 Å². The average Bonchev–Trinajstić information content (AvgIpc) is 2.11. The number of hydrogen-bond donors (Lipinski definition) is 0. The molecule has 0 aliphatic carbocycles. The molecule has 0 fully saturated rings. The first kappa shape index (κ1) is 12.0. The predicted molar refractivity (Wildman–Crippen MR) is 51.3 cm³/mol. The fourth-order valence-electron chi connectivity index (χ4n) is 0.830. The molecule has 0 rings (SSSR count). The van der Waals surface area contributed by atoms with Gasteiger partial charge in [-0.15, -0.1) is 0 Å². The molecule has 0 atom stereocenters. The second-order valence-electron chi connectivity index (χ2n) is 2.52. The van der Waals surface area contributed by atoms with Gasteiger partial charge in [0.2, 0.25) is 0 Å². The first-order chi connectivity index (χ1) is 6.31. The van der Waals surface area contributed by atoms with Crippen molar-refractivity contribution in [3.63, 3.8) is 0 Å². The van der Waals surface area contributed by atoms with Crippen LogP contribution in [-0.4, -0.2) is 19.2 Å². The van der Waals surface area contributed by atoms with Crippen LogP contribution in [-0.2, 0) is 14.3 Å². The van der Waals surface area contributed by atoms with Crippen molar-refractivity contribution >= 4 is 5.97 Å². The number of unbranched alkanes of at least 4 members (excludes halogenated alkanes) is 1. The molecule has 0 spiro atoms. The average molecular weight is 186 g/mol. The van der Waals surface area contributed by atoms with Crippen molar-refractivity contribution in [2.45, 2.75) is 33.1 Å². The van der Waals surface area contributed by atoms with Crippen LogP contribution in [0.25, 0.3) is 0 Å². The first-order valence-corrected chi connectivity index (χ1v) is 4.73. The summed E-state index contributed by atoms with van der Waals surface area (Å²) in [5, 5.41) is 0. The second kappa shape index (κ2) is 9.10. The van der Waals surface area contributed by atoms with Gasteiger partial charge in [0.05, 0.1) is 19.5 Å². The second-order valence-corrected chi connectivity index (χ2v) is 2.52. The highest BCUT2D eigenvalue weighted by molar-refractivity contribution is 5.69. The third kappa shape index (κ3) is 8.92.